The Hall–Kier alpha value is -1.03. The van der Waals surface area contributed by atoms with Crippen molar-refractivity contribution in [3.8, 4) is 0 Å². The molecule has 4 heteroatoms. The van der Waals surface area contributed by atoms with Gasteiger partial charge in [0.1, 0.15) is 0 Å². The van der Waals surface area contributed by atoms with Crippen molar-refractivity contribution >= 4 is 33.2 Å². The van der Waals surface area contributed by atoms with E-state index in [2.05, 4.69) is 39.4 Å². The summed E-state index contributed by atoms with van der Waals surface area (Å²) < 4.78 is 6.38. The standard InChI is InChI=1S/C17H17BrClNO/c1-21-10-14-15(18)3-2-4-16(14)20-17-8-5-11-9-12(19)6-7-13(11)17/h2-4,6-7,9,17,20H,5,8,10H2,1H3. The molecule has 110 valence electrons. The van der Waals surface area contributed by atoms with Crippen LogP contribution in [0.5, 0.6) is 0 Å². The van der Waals surface area contributed by atoms with Crippen LogP contribution in [0.2, 0.25) is 5.02 Å². The zero-order valence-electron chi connectivity index (χ0n) is 11.8. The Morgan fingerprint density at radius 3 is 3.00 bits per heavy atom. The maximum atomic E-state index is 6.08. The van der Waals surface area contributed by atoms with E-state index in [4.69, 9.17) is 16.3 Å². The highest BCUT2D eigenvalue weighted by Gasteiger charge is 2.23. The summed E-state index contributed by atoms with van der Waals surface area (Å²) in [7, 11) is 1.72. The van der Waals surface area contributed by atoms with E-state index in [1.807, 2.05) is 18.2 Å². The fourth-order valence-corrected chi connectivity index (χ4v) is 3.58. The Morgan fingerprint density at radius 2 is 2.19 bits per heavy atom. The van der Waals surface area contributed by atoms with Gasteiger partial charge < -0.3 is 10.1 Å². The Kier molecular flexibility index (Phi) is 4.53. The topological polar surface area (TPSA) is 21.3 Å². The van der Waals surface area contributed by atoms with Crippen LogP contribution in [0.3, 0.4) is 0 Å². The van der Waals surface area contributed by atoms with Gasteiger partial charge in [0.05, 0.1) is 12.6 Å². The lowest BCUT2D eigenvalue weighted by atomic mass is 10.1. The van der Waals surface area contributed by atoms with E-state index >= 15 is 0 Å². The van der Waals surface area contributed by atoms with Crippen molar-refractivity contribution < 1.29 is 4.74 Å². The van der Waals surface area contributed by atoms with Crippen LogP contribution in [-0.2, 0) is 17.8 Å². The van der Waals surface area contributed by atoms with Gasteiger partial charge in [0.25, 0.3) is 0 Å². The van der Waals surface area contributed by atoms with Gasteiger partial charge in [-0.15, -0.1) is 0 Å². The summed E-state index contributed by atoms with van der Waals surface area (Å²) in [6.45, 7) is 0.587. The predicted molar refractivity (Wildman–Crippen MR) is 91.0 cm³/mol. The molecule has 1 atom stereocenters. The highest BCUT2D eigenvalue weighted by molar-refractivity contribution is 9.10. The average molecular weight is 367 g/mol. The first-order chi connectivity index (χ1) is 10.2. The molecule has 1 N–H and O–H groups in total. The van der Waals surface area contributed by atoms with E-state index in [9.17, 15) is 0 Å². The molecule has 3 rings (SSSR count). The van der Waals surface area contributed by atoms with Crippen LogP contribution in [-0.4, -0.2) is 7.11 Å². The molecule has 1 aliphatic carbocycles. The van der Waals surface area contributed by atoms with Gasteiger partial charge in [-0.25, -0.2) is 0 Å². The minimum absolute atomic E-state index is 0.335. The Bertz CT molecular complexity index is 659. The third kappa shape index (κ3) is 3.10. The predicted octanol–water partition coefficient (Wildman–Crippen LogP) is 5.35. The molecule has 2 aromatic rings. The van der Waals surface area contributed by atoms with Gasteiger partial charge in [-0.2, -0.15) is 0 Å². The molecule has 0 saturated heterocycles. The second-order valence-corrected chi connectivity index (χ2v) is 6.57. The van der Waals surface area contributed by atoms with Crippen LogP contribution in [0.15, 0.2) is 40.9 Å². The van der Waals surface area contributed by atoms with Gasteiger partial charge in [-0.05, 0) is 48.2 Å². The average Bonchev–Trinajstić information content (AvgIpc) is 2.85. The first-order valence-corrected chi connectivity index (χ1v) is 8.17. The monoisotopic (exact) mass is 365 g/mol. The van der Waals surface area contributed by atoms with E-state index in [-0.39, 0.29) is 0 Å². The van der Waals surface area contributed by atoms with E-state index in [1.165, 1.54) is 11.1 Å². The quantitative estimate of drug-likeness (QED) is 0.787. The Morgan fingerprint density at radius 1 is 1.33 bits per heavy atom. The first kappa shape index (κ1) is 14.9. The SMILES string of the molecule is COCc1c(Br)cccc1NC1CCc2cc(Cl)ccc21. The van der Waals surface area contributed by atoms with E-state index in [0.29, 0.717) is 12.6 Å². The van der Waals surface area contributed by atoms with Crippen molar-refractivity contribution in [1.29, 1.82) is 0 Å². The van der Waals surface area contributed by atoms with Crippen LogP contribution in [0.1, 0.15) is 29.2 Å². The summed E-state index contributed by atoms with van der Waals surface area (Å²) in [5.41, 5.74) is 4.98. The van der Waals surface area contributed by atoms with Crippen molar-refractivity contribution in [2.75, 3.05) is 12.4 Å². The normalized spacial score (nSPS) is 16.8. The molecule has 0 saturated carbocycles. The summed E-state index contributed by atoms with van der Waals surface area (Å²) in [5, 5.41) is 4.47. The minimum atomic E-state index is 0.335. The van der Waals surface area contributed by atoms with Gasteiger partial charge in [-0.1, -0.05) is 39.7 Å². The van der Waals surface area contributed by atoms with Crippen LogP contribution in [0.4, 0.5) is 5.69 Å². The number of anilines is 1. The van der Waals surface area contributed by atoms with Gasteiger partial charge in [0.15, 0.2) is 0 Å². The maximum Gasteiger partial charge on any atom is 0.0744 e. The minimum Gasteiger partial charge on any atom is -0.380 e. The highest BCUT2D eigenvalue weighted by Crippen LogP contribution is 2.37. The molecule has 0 aromatic heterocycles. The number of hydrogen-bond donors (Lipinski definition) is 1. The second-order valence-electron chi connectivity index (χ2n) is 5.28. The molecule has 1 aliphatic rings. The van der Waals surface area contributed by atoms with Crippen molar-refractivity contribution in [3.05, 3.63) is 62.6 Å². The van der Waals surface area contributed by atoms with Crippen LogP contribution in [0.25, 0.3) is 0 Å². The molecule has 0 amide bonds. The Balaban J connectivity index is 1.88. The molecule has 2 aromatic carbocycles. The lowest BCUT2D eigenvalue weighted by Crippen LogP contribution is -2.09. The first-order valence-electron chi connectivity index (χ1n) is 7.00. The largest absolute Gasteiger partial charge is 0.380 e. The zero-order chi connectivity index (χ0) is 14.8. The van der Waals surface area contributed by atoms with E-state index in [1.54, 1.807) is 7.11 Å². The molecular formula is C17H17BrClNO. The third-order valence-electron chi connectivity index (χ3n) is 3.92. The zero-order valence-corrected chi connectivity index (χ0v) is 14.2. The molecule has 0 fully saturated rings. The van der Waals surface area contributed by atoms with Crippen molar-refractivity contribution in [1.82, 2.24) is 0 Å². The summed E-state index contributed by atoms with van der Waals surface area (Å²) >= 11 is 9.68. The lowest BCUT2D eigenvalue weighted by molar-refractivity contribution is 0.185. The molecule has 0 aliphatic heterocycles. The molecule has 0 radical (unpaired) electrons. The maximum absolute atomic E-state index is 6.08. The fourth-order valence-electron chi connectivity index (χ4n) is 2.91. The van der Waals surface area contributed by atoms with Crippen LogP contribution < -0.4 is 5.32 Å². The number of rotatable bonds is 4. The highest BCUT2D eigenvalue weighted by atomic mass is 79.9. The van der Waals surface area contributed by atoms with Gasteiger partial charge in [-0.3, -0.25) is 0 Å². The van der Waals surface area contributed by atoms with E-state index in [0.717, 1.165) is 33.6 Å². The number of fused-ring (bicyclic) bond motifs is 1. The van der Waals surface area contributed by atoms with Gasteiger partial charge in [0, 0.05) is 27.9 Å². The molecule has 1 unspecified atom stereocenters. The summed E-state index contributed by atoms with van der Waals surface area (Å²) in [6, 6.07) is 12.7. The van der Waals surface area contributed by atoms with Gasteiger partial charge in [0.2, 0.25) is 0 Å². The molecule has 21 heavy (non-hydrogen) atoms. The second kappa shape index (κ2) is 6.39. The number of benzene rings is 2. The number of nitrogens with one attached hydrogen (secondary N) is 1. The number of ether oxygens (including phenoxy) is 1. The van der Waals surface area contributed by atoms with E-state index < -0.39 is 0 Å². The molecular weight excluding hydrogens is 350 g/mol. The lowest BCUT2D eigenvalue weighted by Gasteiger charge is -2.19. The third-order valence-corrected chi connectivity index (χ3v) is 4.90. The van der Waals surface area contributed by atoms with Crippen molar-refractivity contribution in [2.45, 2.75) is 25.5 Å². The summed E-state index contributed by atoms with van der Waals surface area (Å²) in [4.78, 5) is 0. The molecule has 0 bridgehead atoms. The summed E-state index contributed by atoms with van der Waals surface area (Å²) in [5.74, 6) is 0. The van der Waals surface area contributed by atoms with Crippen LogP contribution >= 0.6 is 27.5 Å². The number of hydrogen-bond acceptors (Lipinski definition) is 2. The molecule has 0 spiro atoms. The number of halogens is 2. The fraction of sp³-hybridized carbons (Fsp3) is 0.294. The summed E-state index contributed by atoms with van der Waals surface area (Å²) in [6.07, 6.45) is 2.16. The van der Waals surface area contributed by atoms with Crippen molar-refractivity contribution in [2.24, 2.45) is 0 Å². The molecule has 0 heterocycles. The van der Waals surface area contributed by atoms with Crippen molar-refractivity contribution in [3.63, 3.8) is 0 Å². The number of methoxy groups -OCH3 is 1. The molecule has 2 nitrogen and oxygen atoms in total. The van der Waals surface area contributed by atoms with Crippen LogP contribution in [0, 0.1) is 0 Å². The Labute approximate surface area is 138 Å². The smallest absolute Gasteiger partial charge is 0.0744 e. The van der Waals surface area contributed by atoms with Gasteiger partial charge >= 0.3 is 0 Å². The number of aryl methyl sites for hydroxylation is 1.